The molecule has 0 atom stereocenters. The Morgan fingerprint density at radius 2 is 1.67 bits per heavy atom. The van der Waals surface area contributed by atoms with Crippen molar-refractivity contribution in [1.82, 2.24) is 4.90 Å². The van der Waals surface area contributed by atoms with Crippen LogP contribution >= 0.6 is 0 Å². The van der Waals surface area contributed by atoms with Crippen molar-refractivity contribution in [3.63, 3.8) is 0 Å². The van der Waals surface area contributed by atoms with Crippen LogP contribution in [0, 0.1) is 0 Å². The van der Waals surface area contributed by atoms with E-state index < -0.39 is 5.97 Å². The Labute approximate surface area is 169 Å². The maximum atomic E-state index is 11.0. The van der Waals surface area contributed by atoms with Crippen molar-refractivity contribution in [2.24, 2.45) is 0 Å². The number of aliphatic carboxylic acids is 1. The Bertz CT molecular complexity index is 375. The van der Waals surface area contributed by atoms with Gasteiger partial charge in [-0.1, -0.05) is 58.3 Å². The smallest absolute Gasteiger partial charge is 0.345 e. The first-order valence-electron chi connectivity index (χ1n) is 9.37. The molecule has 1 aliphatic heterocycles. The van der Waals surface area contributed by atoms with E-state index in [1.54, 1.807) is 0 Å². The molecule has 0 aromatic heterocycles. The molecule has 24 heavy (non-hydrogen) atoms. The largest absolute Gasteiger partial charge is 0.478 e. The van der Waals surface area contributed by atoms with E-state index in [2.05, 4.69) is 11.8 Å². The Balaban J connectivity index is 0.00000529. The van der Waals surface area contributed by atoms with Crippen molar-refractivity contribution in [3.05, 3.63) is 0 Å². The first-order valence-corrected chi connectivity index (χ1v) is 9.37. The average molecular weight is 350 g/mol. The van der Waals surface area contributed by atoms with E-state index in [4.69, 9.17) is 10.2 Å². The fourth-order valence-electron chi connectivity index (χ4n) is 3.30. The predicted octanol–water partition coefficient (Wildman–Crippen LogP) is 2.33. The summed E-state index contributed by atoms with van der Waals surface area (Å²) in [4.78, 5) is 13.1. The molecule has 0 spiro atoms. The van der Waals surface area contributed by atoms with Gasteiger partial charge in [0.1, 0.15) is 19.6 Å². The minimum Gasteiger partial charge on any atom is -0.478 e. The van der Waals surface area contributed by atoms with Crippen LogP contribution in [0.25, 0.3) is 0 Å². The molecule has 1 aliphatic rings. The summed E-state index contributed by atoms with van der Waals surface area (Å²) < 4.78 is 1.96. The number of aliphatic hydroxyl groups excluding tert-OH is 1. The number of β-amino-alcohol motifs (C(OH)–C–C–N with tert-alkyl or cyclic N) is 1. The maximum Gasteiger partial charge on any atom is 0.345 e. The molecule has 0 unspecified atom stereocenters. The fraction of sp³-hybridized carbons (Fsp3) is 0.889. The topological polar surface area (TPSA) is 63.8 Å². The van der Waals surface area contributed by atoms with Crippen LogP contribution in [-0.2, 0) is 4.79 Å². The zero-order valence-corrected chi connectivity index (χ0v) is 17.8. The number of carbonyl (C=O) groups is 1. The van der Waals surface area contributed by atoms with E-state index in [0.29, 0.717) is 6.54 Å². The molecule has 0 amide bonds. The van der Waals surface area contributed by atoms with Gasteiger partial charge in [0.15, 0.2) is 6.54 Å². The number of carboxylic acids is 1. The predicted molar refractivity (Wildman–Crippen MR) is 98.9 cm³/mol. The van der Waals surface area contributed by atoms with E-state index in [-0.39, 0.29) is 42.7 Å². The summed E-state index contributed by atoms with van der Waals surface area (Å²) in [5.74, 6) is 0.338. The molecule has 5 nitrogen and oxygen atoms in total. The number of amidine groups is 1. The van der Waals surface area contributed by atoms with Gasteiger partial charge in [-0.15, -0.1) is 0 Å². The third kappa shape index (κ3) is 10.0. The molecule has 0 bridgehead atoms. The quantitative estimate of drug-likeness (QED) is 0.287. The zero-order valence-electron chi connectivity index (χ0n) is 15.8. The Hall–Kier alpha value is -0.100. The van der Waals surface area contributed by atoms with Crippen LogP contribution in [-0.4, -0.2) is 93.8 Å². The third-order valence-corrected chi connectivity index (χ3v) is 4.57. The molecule has 0 aliphatic carbocycles. The van der Waals surface area contributed by atoms with Gasteiger partial charge in [0.05, 0.1) is 6.61 Å². The molecule has 0 saturated heterocycles. The van der Waals surface area contributed by atoms with Crippen LogP contribution in [0.5, 0.6) is 0 Å². The van der Waals surface area contributed by atoms with E-state index in [9.17, 15) is 4.79 Å². The number of carboxylic acid groups (broad SMARTS) is 1. The molecule has 0 aromatic carbocycles. The van der Waals surface area contributed by atoms with Crippen LogP contribution in [0.3, 0.4) is 0 Å². The standard InChI is InChI=1S/C18H34N2O3.Na/c1-2-3-4-5-6-7-8-9-10-11-17-19(14-15-21)12-13-20(17)16-18(22)23;/h21H,2-16H2,1H3;/p+1. The van der Waals surface area contributed by atoms with Gasteiger partial charge in [-0.05, 0) is 6.42 Å². The number of nitrogens with zero attached hydrogens (tertiary/aromatic N) is 2. The van der Waals surface area contributed by atoms with E-state index in [0.717, 1.165) is 31.8 Å². The van der Waals surface area contributed by atoms with Crippen LogP contribution < -0.4 is 0 Å². The number of aliphatic hydroxyl groups is 1. The second kappa shape index (κ2) is 15.2. The summed E-state index contributed by atoms with van der Waals surface area (Å²) in [5, 5.41) is 18.2. The SMILES string of the molecule is CCCCCCCCCCCC1=[N+](CC(=O)O)CCN1CCO.[Na]. The van der Waals surface area contributed by atoms with Crippen LogP contribution in [0.4, 0.5) is 0 Å². The summed E-state index contributed by atoms with van der Waals surface area (Å²) in [6.45, 7) is 4.66. The maximum absolute atomic E-state index is 11.0. The second-order valence-electron chi connectivity index (χ2n) is 6.52. The molecule has 0 saturated carbocycles. The van der Waals surface area contributed by atoms with Gasteiger partial charge < -0.3 is 10.2 Å². The van der Waals surface area contributed by atoms with Crippen molar-refractivity contribution in [3.8, 4) is 0 Å². The zero-order chi connectivity index (χ0) is 16.9. The van der Waals surface area contributed by atoms with Crippen LogP contribution in [0.15, 0.2) is 0 Å². The molecule has 1 heterocycles. The van der Waals surface area contributed by atoms with Crippen LogP contribution in [0.1, 0.15) is 71.1 Å². The Morgan fingerprint density at radius 3 is 2.21 bits per heavy atom. The fourth-order valence-corrected chi connectivity index (χ4v) is 3.30. The average Bonchev–Trinajstić information content (AvgIpc) is 2.87. The minimum atomic E-state index is -0.777. The summed E-state index contributed by atoms with van der Waals surface area (Å²) in [5.41, 5.74) is 0. The van der Waals surface area contributed by atoms with E-state index >= 15 is 0 Å². The molecule has 0 fully saturated rings. The molecular formula is C18H35N2NaO3+. The van der Waals surface area contributed by atoms with E-state index in [1.807, 2.05) is 4.58 Å². The molecule has 6 heteroatoms. The summed E-state index contributed by atoms with van der Waals surface area (Å²) in [6.07, 6.45) is 12.6. The molecular weight excluding hydrogens is 315 g/mol. The molecule has 1 radical (unpaired) electrons. The summed E-state index contributed by atoms with van der Waals surface area (Å²) in [6, 6.07) is 0. The van der Waals surface area contributed by atoms with Crippen molar-refractivity contribution in [1.29, 1.82) is 0 Å². The summed E-state index contributed by atoms with van der Waals surface area (Å²) >= 11 is 0. The number of hydrogen-bond donors (Lipinski definition) is 2. The van der Waals surface area contributed by atoms with Gasteiger partial charge in [-0.25, -0.2) is 4.79 Å². The van der Waals surface area contributed by atoms with Gasteiger partial charge in [0, 0.05) is 36.0 Å². The summed E-state index contributed by atoms with van der Waals surface area (Å²) in [7, 11) is 0. The minimum absolute atomic E-state index is 0. The van der Waals surface area contributed by atoms with Gasteiger partial charge in [-0.3, -0.25) is 9.48 Å². The number of hydrogen-bond acceptors (Lipinski definition) is 3. The van der Waals surface area contributed by atoms with Crippen LogP contribution in [0.2, 0.25) is 0 Å². The van der Waals surface area contributed by atoms with Gasteiger partial charge in [-0.2, -0.15) is 0 Å². The monoisotopic (exact) mass is 350 g/mol. The number of unbranched alkanes of at least 4 members (excludes halogenated alkanes) is 8. The molecule has 0 aromatic rings. The van der Waals surface area contributed by atoms with Gasteiger partial charge in [0.25, 0.3) is 0 Å². The Kier molecular flexibility index (Phi) is 15.1. The molecule has 2 N–H and O–H groups in total. The van der Waals surface area contributed by atoms with E-state index in [1.165, 1.54) is 51.4 Å². The van der Waals surface area contributed by atoms with Crippen molar-refractivity contribution >= 4 is 41.4 Å². The first kappa shape index (κ1) is 23.9. The van der Waals surface area contributed by atoms with Gasteiger partial charge >= 0.3 is 5.97 Å². The normalized spacial score (nSPS) is 14.2. The van der Waals surface area contributed by atoms with Gasteiger partial charge in [0.2, 0.25) is 5.84 Å². The van der Waals surface area contributed by atoms with Crippen molar-refractivity contribution in [2.45, 2.75) is 71.1 Å². The third-order valence-electron chi connectivity index (χ3n) is 4.57. The first-order chi connectivity index (χ1) is 11.2. The van der Waals surface area contributed by atoms with Crippen molar-refractivity contribution in [2.75, 3.05) is 32.8 Å². The van der Waals surface area contributed by atoms with Crippen molar-refractivity contribution < 1.29 is 19.6 Å². The number of rotatable bonds is 14. The molecule has 1 rings (SSSR count). The second-order valence-corrected chi connectivity index (χ2v) is 6.52. The Morgan fingerprint density at radius 1 is 1.08 bits per heavy atom. The molecule has 135 valence electrons.